The number of alkyl halides is 3. The van der Waals surface area contributed by atoms with Gasteiger partial charge in [0.1, 0.15) is 0 Å². The third kappa shape index (κ3) is 22.6. The van der Waals surface area contributed by atoms with Crippen molar-refractivity contribution in [3.8, 4) is 0 Å². The Kier molecular flexibility index (Phi) is 5.62. The Labute approximate surface area is 67.3 Å². The van der Waals surface area contributed by atoms with Crippen LogP contribution in [0.5, 0.6) is 0 Å². The van der Waals surface area contributed by atoms with Crippen molar-refractivity contribution in [1.29, 1.82) is 0 Å². The van der Waals surface area contributed by atoms with Gasteiger partial charge in [-0.25, -0.2) is 0 Å². The summed E-state index contributed by atoms with van der Waals surface area (Å²) in [7, 11) is -4.67. The average Bonchev–Trinajstić information content (AvgIpc) is 1.55. The molecule has 1 unspecified atom stereocenters. The number of hydrogen-bond donors (Lipinski definition) is 2. The second-order valence-corrected chi connectivity index (χ2v) is 2.96. The van der Waals surface area contributed by atoms with E-state index in [0.717, 1.165) is 0 Å². The largest absolute Gasteiger partial charge is 0.766 e. The van der Waals surface area contributed by atoms with E-state index in [1.165, 1.54) is 0 Å². The smallest absolute Gasteiger partial charge is 0.458 e. The van der Waals surface area contributed by atoms with E-state index in [0.29, 0.717) is 0 Å². The van der Waals surface area contributed by atoms with Crippen LogP contribution in [0.2, 0.25) is 0 Å². The summed E-state index contributed by atoms with van der Waals surface area (Å²) in [5.41, 5.74) is -5.08. The third-order valence-corrected chi connectivity index (χ3v) is 0.567. The van der Waals surface area contributed by atoms with E-state index in [9.17, 15) is 13.2 Å². The third-order valence-electron chi connectivity index (χ3n) is 0.189. The SMILES string of the molecule is O=S(=O)(O)O.O=S([O-])C(F)(F)F. The molecule has 0 amide bonds. The zero-order chi connectivity index (χ0) is 10.6. The molecule has 0 rings (SSSR count). The van der Waals surface area contributed by atoms with E-state index in [1.807, 2.05) is 0 Å². The molecule has 0 aliphatic carbocycles. The summed E-state index contributed by atoms with van der Waals surface area (Å²) in [5.74, 6) is 0. The van der Waals surface area contributed by atoms with Gasteiger partial charge in [-0.15, -0.1) is 0 Å². The van der Waals surface area contributed by atoms with E-state index >= 15 is 0 Å². The molecule has 0 aromatic carbocycles. The monoisotopic (exact) mass is 231 g/mol. The molecule has 11 heteroatoms. The maximum Gasteiger partial charge on any atom is 0.458 e. The van der Waals surface area contributed by atoms with Gasteiger partial charge in [-0.2, -0.15) is 21.6 Å². The number of halogens is 3. The van der Waals surface area contributed by atoms with Gasteiger partial charge in [0.2, 0.25) is 0 Å². The summed E-state index contributed by atoms with van der Waals surface area (Å²) in [6, 6.07) is 0. The predicted octanol–water partition coefficient (Wildman–Crippen LogP) is -0.268. The van der Waals surface area contributed by atoms with Crippen molar-refractivity contribution in [3.05, 3.63) is 0 Å². The zero-order valence-electron chi connectivity index (χ0n) is 4.98. The summed E-state index contributed by atoms with van der Waals surface area (Å²) < 4.78 is 81.1. The highest BCUT2D eigenvalue weighted by molar-refractivity contribution is 7.80. The second kappa shape index (κ2) is 4.71. The Balaban J connectivity index is 0. The molecule has 0 saturated carbocycles. The van der Waals surface area contributed by atoms with Gasteiger partial charge in [-0.05, 0) is 0 Å². The van der Waals surface area contributed by atoms with Gasteiger partial charge in [0.05, 0.1) is 11.1 Å². The van der Waals surface area contributed by atoms with Crippen molar-refractivity contribution < 1.29 is 39.5 Å². The lowest BCUT2D eigenvalue weighted by atomic mass is 11.6. The fraction of sp³-hybridized carbons (Fsp3) is 1.00. The Bertz CT molecular complexity index is 230. The van der Waals surface area contributed by atoms with Crippen LogP contribution in [-0.2, 0) is 21.5 Å². The topological polar surface area (TPSA) is 115 Å². The van der Waals surface area contributed by atoms with Crippen molar-refractivity contribution in [3.63, 3.8) is 0 Å². The van der Waals surface area contributed by atoms with E-state index in [2.05, 4.69) is 0 Å². The lowest BCUT2D eigenvalue weighted by molar-refractivity contribution is -0.0452. The van der Waals surface area contributed by atoms with Crippen molar-refractivity contribution in [2.75, 3.05) is 0 Å². The number of hydrogen-bond acceptors (Lipinski definition) is 4. The minimum Gasteiger partial charge on any atom is -0.766 e. The first kappa shape index (κ1) is 14.3. The summed E-state index contributed by atoms with van der Waals surface area (Å²) >= 11 is -3.93. The fourth-order valence-corrected chi connectivity index (χ4v) is 0. The molecular formula is CH2F3O6S2-. The van der Waals surface area contributed by atoms with Crippen LogP contribution in [-0.4, -0.2) is 31.8 Å². The fourth-order valence-electron chi connectivity index (χ4n) is 0. The lowest BCUT2D eigenvalue weighted by Crippen LogP contribution is -2.14. The Morgan fingerprint density at radius 2 is 1.33 bits per heavy atom. The molecule has 0 heterocycles. The van der Waals surface area contributed by atoms with Gasteiger partial charge in [-0.3, -0.25) is 13.3 Å². The molecule has 0 spiro atoms. The highest BCUT2D eigenvalue weighted by atomic mass is 32.3. The summed E-state index contributed by atoms with van der Waals surface area (Å²) in [6.07, 6.45) is 0. The quantitative estimate of drug-likeness (QED) is 0.438. The normalized spacial score (nSPS) is 14.5. The first-order valence-corrected chi connectivity index (χ1v) is 4.27. The van der Waals surface area contributed by atoms with Crippen molar-refractivity contribution in [2.45, 2.75) is 5.51 Å². The Hall–Kier alpha value is -0.230. The molecule has 0 aromatic rings. The number of rotatable bonds is 0. The minimum absolute atomic E-state index is 3.93. The van der Waals surface area contributed by atoms with Gasteiger partial charge < -0.3 is 4.55 Å². The van der Waals surface area contributed by atoms with Crippen LogP contribution in [0.3, 0.4) is 0 Å². The molecule has 76 valence electrons. The van der Waals surface area contributed by atoms with Crippen LogP contribution in [0, 0.1) is 0 Å². The molecule has 0 saturated heterocycles. The molecule has 0 aliphatic rings. The van der Waals surface area contributed by atoms with Gasteiger partial charge in [0, 0.05) is 0 Å². The molecule has 0 bridgehead atoms. The van der Waals surface area contributed by atoms with Gasteiger partial charge >= 0.3 is 15.9 Å². The molecule has 12 heavy (non-hydrogen) atoms. The molecule has 0 aliphatic heterocycles. The standard InChI is InChI=1S/CHF3O2S.H2O4S/c2-1(3,4)7(5)6;1-5(2,3)4/h(H,5,6);(H2,1,2,3,4)/p-1. The molecule has 0 fully saturated rings. The van der Waals surface area contributed by atoms with Crippen molar-refractivity contribution in [2.24, 2.45) is 0 Å². The predicted molar refractivity (Wildman–Crippen MR) is 29.2 cm³/mol. The van der Waals surface area contributed by atoms with E-state index in [4.69, 9.17) is 26.3 Å². The molecule has 0 radical (unpaired) electrons. The van der Waals surface area contributed by atoms with Gasteiger partial charge in [0.15, 0.2) is 0 Å². The van der Waals surface area contributed by atoms with Crippen molar-refractivity contribution >= 4 is 21.5 Å². The Morgan fingerprint density at radius 3 is 1.33 bits per heavy atom. The summed E-state index contributed by atoms with van der Waals surface area (Å²) in [6.45, 7) is 0. The Morgan fingerprint density at radius 1 is 1.25 bits per heavy atom. The molecule has 1 atom stereocenters. The van der Waals surface area contributed by atoms with E-state index < -0.39 is 27.0 Å². The van der Waals surface area contributed by atoms with Crippen LogP contribution in [0.1, 0.15) is 0 Å². The highest BCUT2D eigenvalue weighted by Gasteiger charge is 2.28. The molecule has 2 N–H and O–H groups in total. The van der Waals surface area contributed by atoms with Gasteiger partial charge in [-0.1, -0.05) is 0 Å². The maximum atomic E-state index is 10.6. The van der Waals surface area contributed by atoms with Crippen LogP contribution in [0.4, 0.5) is 13.2 Å². The van der Waals surface area contributed by atoms with Crippen LogP contribution in [0.15, 0.2) is 0 Å². The first-order chi connectivity index (χ1) is 4.94. The average molecular weight is 231 g/mol. The first-order valence-electron chi connectivity index (χ1n) is 1.80. The van der Waals surface area contributed by atoms with E-state index in [-0.39, 0.29) is 0 Å². The second-order valence-electron chi connectivity index (χ2n) is 1.13. The van der Waals surface area contributed by atoms with Crippen LogP contribution >= 0.6 is 0 Å². The zero-order valence-corrected chi connectivity index (χ0v) is 6.61. The summed E-state index contributed by atoms with van der Waals surface area (Å²) in [4.78, 5) is 0. The van der Waals surface area contributed by atoms with Crippen LogP contribution in [0.25, 0.3) is 0 Å². The molecular weight excluding hydrogens is 229 g/mol. The molecule has 0 aromatic heterocycles. The lowest BCUT2D eigenvalue weighted by Gasteiger charge is -2.06. The van der Waals surface area contributed by atoms with E-state index in [1.54, 1.807) is 0 Å². The van der Waals surface area contributed by atoms with Gasteiger partial charge in [0.25, 0.3) is 0 Å². The molecule has 6 nitrogen and oxygen atoms in total. The van der Waals surface area contributed by atoms with Crippen molar-refractivity contribution in [1.82, 2.24) is 0 Å². The maximum absolute atomic E-state index is 10.6. The summed E-state index contributed by atoms with van der Waals surface area (Å²) in [5, 5.41) is 0. The van der Waals surface area contributed by atoms with Crippen LogP contribution < -0.4 is 0 Å². The highest BCUT2D eigenvalue weighted by Crippen LogP contribution is 2.16. The minimum atomic E-state index is -5.08.